The molecule has 0 saturated carbocycles. The van der Waals surface area contributed by atoms with Gasteiger partial charge in [0.15, 0.2) is 5.78 Å². The first-order valence-electron chi connectivity index (χ1n) is 11.4. The molecule has 0 saturated heterocycles. The standard InChI is InChI=1S/C30H32O3/c1-22(2)25-12-8-13-26(20-25)30(3,4)21-27(31)14-9-19-33-28-17-15-24(16-18-28)29(32)23-10-6-5-7-11-23/h5-8,10-13,15-18,20H,1,9,14,19,21H2,2-4H3. The predicted molar refractivity (Wildman–Crippen MR) is 135 cm³/mol. The number of rotatable bonds is 11. The molecule has 0 fully saturated rings. The van der Waals surface area contributed by atoms with Crippen LogP contribution in [0.15, 0.2) is 85.4 Å². The number of ketones is 2. The first-order chi connectivity index (χ1) is 15.8. The topological polar surface area (TPSA) is 43.4 Å². The van der Waals surface area contributed by atoms with Gasteiger partial charge in [0, 0.05) is 24.0 Å². The maximum absolute atomic E-state index is 12.6. The fraction of sp³-hybridized carbons (Fsp3) is 0.267. The molecule has 0 unspecified atom stereocenters. The van der Waals surface area contributed by atoms with Crippen molar-refractivity contribution in [3.63, 3.8) is 0 Å². The van der Waals surface area contributed by atoms with Gasteiger partial charge in [-0.05, 0) is 54.2 Å². The second-order valence-corrected chi connectivity index (χ2v) is 9.13. The number of allylic oxidation sites excluding steroid dienone is 1. The number of hydrogen-bond donors (Lipinski definition) is 0. The van der Waals surface area contributed by atoms with Crippen LogP contribution in [-0.2, 0) is 10.2 Å². The van der Waals surface area contributed by atoms with Crippen LogP contribution < -0.4 is 4.74 Å². The molecule has 0 spiro atoms. The van der Waals surface area contributed by atoms with Gasteiger partial charge in [-0.2, -0.15) is 0 Å². The van der Waals surface area contributed by atoms with Gasteiger partial charge < -0.3 is 4.74 Å². The summed E-state index contributed by atoms with van der Waals surface area (Å²) in [6.45, 7) is 10.7. The molecule has 0 atom stereocenters. The molecule has 0 heterocycles. The van der Waals surface area contributed by atoms with Crippen LogP contribution in [0.5, 0.6) is 5.75 Å². The molecule has 33 heavy (non-hydrogen) atoms. The van der Waals surface area contributed by atoms with Gasteiger partial charge in [0.25, 0.3) is 0 Å². The van der Waals surface area contributed by atoms with Crippen molar-refractivity contribution in [2.24, 2.45) is 0 Å². The zero-order valence-corrected chi connectivity index (χ0v) is 19.8. The van der Waals surface area contributed by atoms with Gasteiger partial charge in [-0.15, -0.1) is 0 Å². The third-order valence-corrected chi connectivity index (χ3v) is 5.80. The maximum atomic E-state index is 12.6. The Morgan fingerprint density at radius 3 is 2.15 bits per heavy atom. The number of ether oxygens (including phenoxy) is 1. The van der Waals surface area contributed by atoms with Crippen molar-refractivity contribution in [3.05, 3.63) is 108 Å². The molecule has 0 aromatic heterocycles. The minimum Gasteiger partial charge on any atom is -0.494 e. The van der Waals surface area contributed by atoms with E-state index in [-0.39, 0.29) is 17.0 Å². The van der Waals surface area contributed by atoms with Gasteiger partial charge in [0.05, 0.1) is 6.61 Å². The Labute approximate surface area is 197 Å². The van der Waals surface area contributed by atoms with Gasteiger partial charge >= 0.3 is 0 Å². The van der Waals surface area contributed by atoms with Crippen LogP contribution in [-0.4, -0.2) is 18.2 Å². The largest absolute Gasteiger partial charge is 0.494 e. The molecule has 0 bridgehead atoms. The molecule has 3 nitrogen and oxygen atoms in total. The fourth-order valence-corrected chi connectivity index (χ4v) is 3.81. The molecule has 3 heteroatoms. The Hall–Kier alpha value is -3.46. The Morgan fingerprint density at radius 1 is 0.848 bits per heavy atom. The lowest BCUT2D eigenvalue weighted by Crippen LogP contribution is -2.22. The van der Waals surface area contributed by atoms with Gasteiger partial charge in [0.2, 0.25) is 0 Å². The zero-order chi connectivity index (χ0) is 23.8. The van der Waals surface area contributed by atoms with Gasteiger partial charge in [0.1, 0.15) is 11.5 Å². The van der Waals surface area contributed by atoms with E-state index < -0.39 is 0 Å². The van der Waals surface area contributed by atoms with Gasteiger partial charge in [-0.3, -0.25) is 9.59 Å². The zero-order valence-electron chi connectivity index (χ0n) is 19.8. The van der Waals surface area contributed by atoms with Gasteiger partial charge in [-0.1, -0.05) is 80.6 Å². The van der Waals surface area contributed by atoms with E-state index in [1.807, 2.05) is 49.4 Å². The van der Waals surface area contributed by atoms with Crippen LogP contribution in [0.4, 0.5) is 0 Å². The van der Waals surface area contributed by atoms with Crippen molar-refractivity contribution >= 4 is 17.1 Å². The van der Waals surface area contributed by atoms with Crippen LogP contribution in [0.25, 0.3) is 5.57 Å². The molecule has 3 rings (SSSR count). The first-order valence-corrected chi connectivity index (χ1v) is 11.4. The minimum atomic E-state index is -0.232. The Kier molecular flexibility index (Phi) is 8.00. The molecule has 0 aliphatic rings. The normalized spacial score (nSPS) is 11.1. The van der Waals surface area contributed by atoms with E-state index in [1.54, 1.807) is 24.3 Å². The smallest absolute Gasteiger partial charge is 0.193 e. The van der Waals surface area contributed by atoms with E-state index in [2.05, 4.69) is 32.6 Å². The van der Waals surface area contributed by atoms with E-state index in [9.17, 15) is 9.59 Å². The number of benzene rings is 3. The average molecular weight is 441 g/mol. The van der Waals surface area contributed by atoms with Crippen molar-refractivity contribution in [2.75, 3.05) is 6.61 Å². The summed E-state index contributed by atoms with van der Waals surface area (Å²) in [7, 11) is 0. The van der Waals surface area contributed by atoms with E-state index in [0.29, 0.717) is 42.7 Å². The second kappa shape index (κ2) is 10.9. The van der Waals surface area contributed by atoms with E-state index in [4.69, 9.17) is 4.74 Å². The number of Topliss-reactive ketones (excluding diaryl/α,β-unsaturated/α-hetero) is 1. The average Bonchev–Trinajstić information content (AvgIpc) is 2.82. The molecule has 3 aromatic carbocycles. The summed E-state index contributed by atoms with van der Waals surface area (Å²) < 4.78 is 5.78. The maximum Gasteiger partial charge on any atom is 0.193 e. The first kappa shape index (κ1) is 24.2. The number of hydrogen-bond acceptors (Lipinski definition) is 3. The third kappa shape index (κ3) is 6.76. The van der Waals surface area contributed by atoms with Crippen molar-refractivity contribution in [1.82, 2.24) is 0 Å². The molecule has 0 amide bonds. The summed E-state index contributed by atoms with van der Waals surface area (Å²) in [5.74, 6) is 0.918. The Bertz CT molecular complexity index is 1110. The van der Waals surface area contributed by atoms with Crippen LogP contribution in [0.1, 0.15) is 67.1 Å². The lowest BCUT2D eigenvalue weighted by molar-refractivity contribution is -0.120. The van der Waals surface area contributed by atoms with Crippen LogP contribution >= 0.6 is 0 Å². The summed E-state index contributed by atoms with van der Waals surface area (Å²) in [4.78, 5) is 25.1. The minimum absolute atomic E-state index is 0.0100. The summed E-state index contributed by atoms with van der Waals surface area (Å²) >= 11 is 0. The lowest BCUT2D eigenvalue weighted by Gasteiger charge is -2.25. The van der Waals surface area contributed by atoms with E-state index in [1.165, 1.54) is 0 Å². The highest BCUT2D eigenvalue weighted by Gasteiger charge is 2.24. The predicted octanol–water partition coefficient (Wildman–Crippen LogP) is 7.05. The lowest BCUT2D eigenvalue weighted by atomic mass is 9.79. The van der Waals surface area contributed by atoms with Crippen LogP contribution in [0.3, 0.4) is 0 Å². The quantitative estimate of drug-likeness (QED) is 0.237. The number of carbonyl (C=O) groups is 2. The van der Waals surface area contributed by atoms with Crippen molar-refractivity contribution in [1.29, 1.82) is 0 Å². The van der Waals surface area contributed by atoms with Gasteiger partial charge in [-0.25, -0.2) is 0 Å². The molecule has 0 radical (unpaired) electrons. The van der Waals surface area contributed by atoms with Crippen molar-refractivity contribution in [3.8, 4) is 5.75 Å². The Morgan fingerprint density at radius 2 is 1.48 bits per heavy atom. The fourth-order valence-electron chi connectivity index (χ4n) is 3.81. The highest BCUT2D eigenvalue weighted by molar-refractivity contribution is 6.08. The molecule has 0 aliphatic heterocycles. The molecule has 170 valence electrons. The Balaban J connectivity index is 1.46. The summed E-state index contributed by atoms with van der Waals surface area (Å²) in [5.41, 5.74) is 4.34. The third-order valence-electron chi connectivity index (χ3n) is 5.80. The molecule has 0 N–H and O–H groups in total. The molecule has 0 aliphatic carbocycles. The number of carbonyl (C=O) groups excluding carboxylic acids is 2. The van der Waals surface area contributed by atoms with E-state index >= 15 is 0 Å². The SMILES string of the molecule is C=C(C)c1cccc(C(C)(C)CC(=O)CCCOc2ccc(C(=O)c3ccccc3)cc2)c1. The monoisotopic (exact) mass is 440 g/mol. The second-order valence-electron chi connectivity index (χ2n) is 9.13. The molecular formula is C30H32O3. The van der Waals surface area contributed by atoms with Crippen molar-refractivity contribution in [2.45, 2.75) is 45.4 Å². The van der Waals surface area contributed by atoms with Crippen molar-refractivity contribution < 1.29 is 14.3 Å². The molecular weight excluding hydrogens is 408 g/mol. The van der Waals surface area contributed by atoms with Crippen LogP contribution in [0.2, 0.25) is 0 Å². The highest BCUT2D eigenvalue weighted by atomic mass is 16.5. The van der Waals surface area contributed by atoms with Crippen LogP contribution in [0, 0.1) is 0 Å². The highest BCUT2D eigenvalue weighted by Crippen LogP contribution is 2.30. The summed E-state index contributed by atoms with van der Waals surface area (Å²) in [5, 5.41) is 0. The summed E-state index contributed by atoms with van der Waals surface area (Å²) in [6, 6.07) is 24.6. The summed E-state index contributed by atoms with van der Waals surface area (Å²) in [6.07, 6.45) is 1.63. The van der Waals surface area contributed by atoms with E-state index in [0.717, 1.165) is 16.7 Å². The molecule has 3 aromatic rings.